The normalized spacial score (nSPS) is 12.8. The SMILES string of the molecule is Cc1ccc(CNC(=O)[C@H](C)n2c(=O)c(C(F)(F)F)nc3ccccc32)cc1. The molecule has 1 heterocycles. The minimum absolute atomic E-state index is 0.00684. The fraction of sp³-hybridized carbons (Fsp3) is 0.250. The largest absolute Gasteiger partial charge is 0.438 e. The molecule has 0 spiro atoms. The Morgan fingerprint density at radius 2 is 1.79 bits per heavy atom. The molecule has 146 valence electrons. The molecule has 0 saturated heterocycles. The van der Waals surface area contributed by atoms with Gasteiger partial charge in [0, 0.05) is 6.54 Å². The molecule has 0 saturated carbocycles. The first-order valence-electron chi connectivity index (χ1n) is 8.60. The Balaban J connectivity index is 1.97. The van der Waals surface area contributed by atoms with Crippen LogP contribution in [0.1, 0.15) is 29.8 Å². The van der Waals surface area contributed by atoms with Gasteiger partial charge in [0.15, 0.2) is 0 Å². The van der Waals surface area contributed by atoms with Gasteiger partial charge in [0.1, 0.15) is 6.04 Å². The Morgan fingerprint density at radius 3 is 2.43 bits per heavy atom. The standard InChI is InChI=1S/C20H18F3N3O2/c1-12-7-9-14(10-8-12)11-24-18(27)13(2)26-16-6-4-3-5-15(16)25-17(19(26)28)20(21,22)23/h3-10,13H,11H2,1-2H3,(H,24,27)/t13-/m0/s1. The van der Waals surface area contributed by atoms with Crippen molar-refractivity contribution in [1.82, 2.24) is 14.9 Å². The number of para-hydroxylation sites is 2. The summed E-state index contributed by atoms with van der Waals surface area (Å²) in [5, 5.41) is 2.67. The van der Waals surface area contributed by atoms with Crippen molar-refractivity contribution in [3.8, 4) is 0 Å². The van der Waals surface area contributed by atoms with E-state index < -0.39 is 29.4 Å². The quantitative estimate of drug-likeness (QED) is 0.742. The summed E-state index contributed by atoms with van der Waals surface area (Å²) in [7, 11) is 0. The average Bonchev–Trinajstić information content (AvgIpc) is 2.65. The van der Waals surface area contributed by atoms with E-state index in [0.717, 1.165) is 15.7 Å². The van der Waals surface area contributed by atoms with E-state index in [4.69, 9.17) is 0 Å². The van der Waals surface area contributed by atoms with Crippen molar-refractivity contribution in [2.24, 2.45) is 0 Å². The number of fused-ring (bicyclic) bond motifs is 1. The van der Waals surface area contributed by atoms with Crippen LogP contribution in [-0.2, 0) is 17.5 Å². The minimum Gasteiger partial charge on any atom is -0.350 e. The maximum Gasteiger partial charge on any atom is 0.438 e. The highest BCUT2D eigenvalue weighted by Gasteiger charge is 2.38. The highest BCUT2D eigenvalue weighted by atomic mass is 19.4. The Hall–Kier alpha value is -3.16. The van der Waals surface area contributed by atoms with Gasteiger partial charge in [-0.15, -0.1) is 0 Å². The summed E-state index contributed by atoms with van der Waals surface area (Å²) >= 11 is 0. The molecule has 1 atom stereocenters. The van der Waals surface area contributed by atoms with E-state index in [2.05, 4.69) is 10.3 Å². The first-order chi connectivity index (χ1) is 13.2. The molecule has 1 N–H and O–H groups in total. The van der Waals surface area contributed by atoms with Crippen LogP contribution in [0.5, 0.6) is 0 Å². The lowest BCUT2D eigenvalue weighted by atomic mass is 10.1. The summed E-state index contributed by atoms with van der Waals surface area (Å²) in [4.78, 5) is 28.5. The van der Waals surface area contributed by atoms with Crippen molar-refractivity contribution < 1.29 is 18.0 Å². The van der Waals surface area contributed by atoms with Gasteiger partial charge in [0.25, 0.3) is 5.56 Å². The Labute approximate surface area is 158 Å². The fourth-order valence-electron chi connectivity index (χ4n) is 2.88. The third-order valence-electron chi connectivity index (χ3n) is 4.42. The highest BCUT2D eigenvalue weighted by molar-refractivity contribution is 5.83. The van der Waals surface area contributed by atoms with Crippen LogP contribution < -0.4 is 10.9 Å². The number of carbonyl (C=O) groups is 1. The number of hydrogen-bond acceptors (Lipinski definition) is 3. The van der Waals surface area contributed by atoms with E-state index in [1.807, 2.05) is 31.2 Å². The number of aryl methyl sites for hydroxylation is 1. The molecule has 28 heavy (non-hydrogen) atoms. The van der Waals surface area contributed by atoms with E-state index in [0.29, 0.717) is 0 Å². The van der Waals surface area contributed by atoms with E-state index in [1.165, 1.54) is 25.1 Å². The Morgan fingerprint density at radius 1 is 1.14 bits per heavy atom. The third-order valence-corrected chi connectivity index (χ3v) is 4.42. The molecule has 0 bridgehead atoms. The van der Waals surface area contributed by atoms with Gasteiger partial charge in [0.2, 0.25) is 11.6 Å². The molecule has 8 heteroatoms. The molecule has 0 unspecified atom stereocenters. The maximum atomic E-state index is 13.2. The first kappa shape index (κ1) is 19.6. The van der Waals surface area contributed by atoms with Gasteiger partial charge in [-0.1, -0.05) is 42.0 Å². The summed E-state index contributed by atoms with van der Waals surface area (Å²) in [6, 6.07) is 12.3. The Kier molecular flexibility index (Phi) is 5.22. The summed E-state index contributed by atoms with van der Waals surface area (Å²) in [6.07, 6.45) is -4.92. The summed E-state index contributed by atoms with van der Waals surface area (Å²) in [6.45, 7) is 3.52. The summed E-state index contributed by atoms with van der Waals surface area (Å²) in [5.74, 6) is -0.563. The van der Waals surface area contributed by atoms with Crippen molar-refractivity contribution in [3.05, 3.63) is 75.7 Å². The molecular formula is C20H18F3N3O2. The van der Waals surface area contributed by atoms with E-state index in [9.17, 15) is 22.8 Å². The zero-order valence-corrected chi connectivity index (χ0v) is 15.2. The van der Waals surface area contributed by atoms with E-state index >= 15 is 0 Å². The number of alkyl halides is 3. The molecular weight excluding hydrogens is 371 g/mol. The number of aromatic nitrogens is 2. The van der Waals surface area contributed by atoms with Crippen molar-refractivity contribution >= 4 is 16.9 Å². The first-order valence-corrected chi connectivity index (χ1v) is 8.60. The zero-order chi connectivity index (χ0) is 20.5. The van der Waals surface area contributed by atoms with E-state index in [-0.39, 0.29) is 17.6 Å². The van der Waals surface area contributed by atoms with Crippen LogP contribution in [0.15, 0.2) is 53.3 Å². The molecule has 1 amide bonds. The lowest BCUT2D eigenvalue weighted by Crippen LogP contribution is -2.38. The van der Waals surface area contributed by atoms with Crippen LogP contribution in [0.4, 0.5) is 13.2 Å². The van der Waals surface area contributed by atoms with Crippen molar-refractivity contribution in [2.75, 3.05) is 0 Å². The van der Waals surface area contributed by atoms with Crippen LogP contribution in [-0.4, -0.2) is 15.5 Å². The number of halogens is 3. The second-order valence-electron chi connectivity index (χ2n) is 6.50. The molecule has 0 radical (unpaired) electrons. The van der Waals surface area contributed by atoms with E-state index in [1.54, 1.807) is 6.07 Å². The monoisotopic (exact) mass is 389 g/mol. The summed E-state index contributed by atoms with van der Waals surface area (Å²) < 4.78 is 40.6. The highest BCUT2D eigenvalue weighted by Crippen LogP contribution is 2.27. The van der Waals surface area contributed by atoms with Gasteiger partial charge in [-0.25, -0.2) is 4.98 Å². The predicted molar refractivity (Wildman–Crippen MR) is 98.7 cm³/mol. The fourth-order valence-corrected chi connectivity index (χ4v) is 2.88. The van der Waals surface area contributed by atoms with Gasteiger partial charge in [-0.2, -0.15) is 13.2 Å². The molecule has 0 fully saturated rings. The second kappa shape index (κ2) is 7.46. The molecule has 0 aliphatic carbocycles. The number of carbonyl (C=O) groups excluding carboxylic acids is 1. The van der Waals surface area contributed by atoms with Gasteiger partial charge >= 0.3 is 6.18 Å². The van der Waals surface area contributed by atoms with Crippen molar-refractivity contribution in [1.29, 1.82) is 0 Å². The van der Waals surface area contributed by atoms with Crippen LogP contribution in [0.25, 0.3) is 11.0 Å². The number of nitrogens with one attached hydrogen (secondary N) is 1. The van der Waals surface area contributed by atoms with Gasteiger partial charge in [-0.3, -0.25) is 14.2 Å². The van der Waals surface area contributed by atoms with Gasteiger partial charge < -0.3 is 5.32 Å². The van der Waals surface area contributed by atoms with Gasteiger partial charge in [0.05, 0.1) is 11.0 Å². The number of nitrogens with zero attached hydrogens (tertiary/aromatic N) is 2. The molecule has 0 aliphatic heterocycles. The lowest BCUT2D eigenvalue weighted by Gasteiger charge is -2.19. The molecule has 3 aromatic rings. The van der Waals surface area contributed by atoms with Crippen molar-refractivity contribution in [3.63, 3.8) is 0 Å². The minimum atomic E-state index is -4.92. The molecule has 0 aliphatic rings. The second-order valence-corrected chi connectivity index (χ2v) is 6.50. The molecule has 3 rings (SSSR count). The molecule has 1 aromatic heterocycles. The lowest BCUT2D eigenvalue weighted by molar-refractivity contribution is -0.142. The van der Waals surface area contributed by atoms with Crippen LogP contribution in [0.2, 0.25) is 0 Å². The number of rotatable bonds is 4. The summed E-state index contributed by atoms with van der Waals surface area (Å²) in [5.41, 5.74) is -0.813. The zero-order valence-electron chi connectivity index (χ0n) is 15.2. The number of benzene rings is 2. The van der Waals surface area contributed by atoms with Crippen LogP contribution in [0, 0.1) is 6.92 Å². The van der Waals surface area contributed by atoms with Crippen LogP contribution in [0.3, 0.4) is 0 Å². The predicted octanol–water partition coefficient (Wildman–Crippen LogP) is 3.60. The third kappa shape index (κ3) is 3.90. The molecule has 5 nitrogen and oxygen atoms in total. The van der Waals surface area contributed by atoms with Crippen LogP contribution >= 0.6 is 0 Å². The van der Waals surface area contributed by atoms with Gasteiger partial charge in [-0.05, 0) is 31.5 Å². The van der Waals surface area contributed by atoms with Crippen molar-refractivity contribution in [2.45, 2.75) is 32.6 Å². The molecule has 2 aromatic carbocycles. The number of hydrogen-bond donors (Lipinski definition) is 1. The smallest absolute Gasteiger partial charge is 0.350 e. The Bertz CT molecular complexity index is 1070. The number of amides is 1. The maximum absolute atomic E-state index is 13.2. The topological polar surface area (TPSA) is 64.0 Å². The average molecular weight is 389 g/mol.